The Hall–Kier alpha value is -1.46. The summed E-state index contributed by atoms with van der Waals surface area (Å²) in [5.41, 5.74) is 1.03. The summed E-state index contributed by atoms with van der Waals surface area (Å²) < 4.78 is 23.5. The van der Waals surface area contributed by atoms with E-state index in [9.17, 15) is 9.18 Å². The number of carbonyl (C=O) groups is 1. The van der Waals surface area contributed by atoms with Crippen LogP contribution in [0.15, 0.2) is 29.3 Å². The third kappa shape index (κ3) is 7.51. The largest absolute Gasteiger partial charge is 0.469 e. The number of morpholine rings is 1. The number of benzene rings is 1. The fourth-order valence-corrected chi connectivity index (χ4v) is 2.98. The van der Waals surface area contributed by atoms with Crippen LogP contribution in [0.25, 0.3) is 0 Å². The smallest absolute Gasteiger partial charge is 0.310 e. The van der Waals surface area contributed by atoms with Crippen LogP contribution in [0, 0.1) is 11.7 Å². The summed E-state index contributed by atoms with van der Waals surface area (Å²) in [7, 11) is 3.06. The maximum absolute atomic E-state index is 13.3. The van der Waals surface area contributed by atoms with Crippen molar-refractivity contribution in [2.24, 2.45) is 10.9 Å². The van der Waals surface area contributed by atoms with Gasteiger partial charge in [-0.1, -0.05) is 19.1 Å². The van der Waals surface area contributed by atoms with Gasteiger partial charge in [-0.3, -0.25) is 14.7 Å². The number of nitrogens with zero attached hydrogens (tertiary/aromatic N) is 2. The van der Waals surface area contributed by atoms with Gasteiger partial charge in [0.15, 0.2) is 5.96 Å². The zero-order valence-electron chi connectivity index (χ0n) is 16.6. The Bertz CT molecular complexity index is 624. The first-order valence-corrected chi connectivity index (χ1v) is 9.14. The molecular weight excluding hydrogens is 478 g/mol. The molecule has 0 radical (unpaired) electrons. The first-order chi connectivity index (χ1) is 13.0. The van der Waals surface area contributed by atoms with Gasteiger partial charge in [-0.05, 0) is 17.7 Å². The predicted octanol–water partition coefficient (Wildman–Crippen LogP) is 1.79. The summed E-state index contributed by atoms with van der Waals surface area (Å²) in [6, 6.07) is 6.65. The predicted molar refractivity (Wildman–Crippen MR) is 117 cm³/mol. The minimum absolute atomic E-state index is 0. The van der Waals surface area contributed by atoms with Crippen LogP contribution in [0.1, 0.15) is 18.5 Å². The first-order valence-electron chi connectivity index (χ1n) is 9.14. The van der Waals surface area contributed by atoms with Crippen LogP contribution in [0.3, 0.4) is 0 Å². The monoisotopic (exact) mass is 508 g/mol. The summed E-state index contributed by atoms with van der Waals surface area (Å²) in [5, 5.41) is 6.44. The molecule has 1 heterocycles. The SMILES string of the molecule is CN=C(NCC(C)C(=O)OC)NCC(c1ccc(F)cc1)N1CCOCC1.I. The lowest BCUT2D eigenvalue weighted by atomic mass is 10.0. The quantitative estimate of drug-likeness (QED) is 0.253. The molecule has 1 aliphatic rings. The van der Waals surface area contributed by atoms with E-state index in [4.69, 9.17) is 9.47 Å². The molecule has 1 fully saturated rings. The fourth-order valence-electron chi connectivity index (χ4n) is 2.98. The Labute approximate surface area is 183 Å². The molecule has 0 aromatic heterocycles. The number of rotatable bonds is 7. The van der Waals surface area contributed by atoms with E-state index in [0.717, 1.165) is 18.7 Å². The van der Waals surface area contributed by atoms with Crippen LogP contribution >= 0.6 is 24.0 Å². The van der Waals surface area contributed by atoms with E-state index in [1.54, 1.807) is 14.0 Å². The van der Waals surface area contributed by atoms with E-state index in [1.165, 1.54) is 19.2 Å². The zero-order valence-corrected chi connectivity index (χ0v) is 18.9. The lowest BCUT2D eigenvalue weighted by Crippen LogP contribution is -2.47. The molecule has 2 rings (SSSR count). The van der Waals surface area contributed by atoms with Gasteiger partial charge in [-0.2, -0.15) is 0 Å². The number of ether oxygens (including phenoxy) is 2. The van der Waals surface area contributed by atoms with Crippen LogP contribution in [0.5, 0.6) is 0 Å². The van der Waals surface area contributed by atoms with Crippen molar-refractivity contribution in [3.05, 3.63) is 35.6 Å². The number of esters is 1. The summed E-state index contributed by atoms with van der Waals surface area (Å²) in [4.78, 5) is 18.0. The summed E-state index contributed by atoms with van der Waals surface area (Å²) in [6.07, 6.45) is 0. The number of aliphatic imine (C=N–C) groups is 1. The molecule has 0 saturated carbocycles. The number of hydrogen-bond acceptors (Lipinski definition) is 5. The number of guanidine groups is 1. The highest BCUT2D eigenvalue weighted by Crippen LogP contribution is 2.21. The van der Waals surface area contributed by atoms with Gasteiger partial charge in [0, 0.05) is 33.2 Å². The van der Waals surface area contributed by atoms with Crippen molar-refractivity contribution in [2.45, 2.75) is 13.0 Å². The summed E-state index contributed by atoms with van der Waals surface area (Å²) in [6.45, 7) is 5.80. The second-order valence-electron chi connectivity index (χ2n) is 6.47. The molecule has 0 spiro atoms. The standard InChI is InChI=1S/C19H29FN4O3.HI/c1-14(18(25)26-3)12-22-19(21-2)23-13-17(24-8-10-27-11-9-24)15-4-6-16(20)7-5-15;/h4-7,14,17H,8-13H2,1-3H3,(H2,21,22,23);1H. The van der Waals surface area contributed by atoms with E-state index in [2.05, 4.69) is 20.5 Å². The van der Waals surface area contributed by atoms with Crippen LogP contribution in [-0.4, -0.2) is 70.4 Å². The number of methoxy groups -OCH3 is 1. The van der Waals surface area contributed by atoms with E-state index in [-0.39, 0.29) is 47.7 Å². The molecule has 1 aromatic rings. The molecule has 2 N–H and O–H groups in total. The molecule has 0 amide bonds. The second-order valence-corrected chi connectivity index (χ2v) is 6.47. The number of carbonyl (C=O) groups excluding carboxylic acids is 1. The molecule has 9 heteroatoms. The van der Waals surface area contributed by atoms with E-state index in [0.29, 0.717) is 32.3 Å². The topological polar surface area (TPSA) is 75.2 Å². The molecule has 1 aliphatic heterocycles. The Morgan fingerprint density at radius 1 is 1.25 bits per heavy atom. The van der Waals surface area contributed by atoms with Crippen molar-refractivity contribution >= 4 is 35.9 Å². The number of halogens is 2. The lowest BCUT2D eigenvalue weighted by molar-refractivity contribution is -0.144. The van der Waals surface area contributed by atoms with Crippen molar-refractivity contribution < 1.29 is 18.7 Å². The fraction of sp³-hybridized carbons (Fsp3) is 0.579. The minimum atomic E-state index is -0.277. The average molecular weight is 508 g/mol. The normalized spacial score (nSPS) is 17.2. The van der Waals surface area contributed by atoms with Crippen molar-refractivity contribution in [1.82, 2.24) is 15.5 Å². The Balaban J connectivity index is 0.00000392. The van der Waals surface area contributed by atoms with Crippen LogP contribution in [-0.2, 0) is 14.3 Å². The average Bonchev–Trinajstić information content (AvgIpc) is 2.71. The molecular formula is C19H30FIN4O3. The van der Waals surface area contributed by atoms with E-state index < -0.39 is 0 Å². The second kappa shape index (κ2) is 12.9. The van der Waals surface area contributed by atoms with E-state index >= 15 is 0 Å². The molecule has 1 aromatic carbocycles. The molecule has 0 aliphatic carbocycles. The molecule has 0 bridgehead atoms. The maximum Gasteiger partial charge on any atom is 0.310 e. The van der Waals surface area contributed by atoms with Crippen LogP contribution < -0.4 is 10.6 Å². The maximum atomic E-state index is 13.3. The van der Waals surface area contributed by atoms with Gasteiger partial charge in [-0.25, -0.2) is 4.39 Å². The van der Waals surface area contributed by atoms with Gasteiger partial charge in [-0.15, -0.1) is 24.0 Å². The Morgan fingerprint density at radius 2 is 1.86 bits per heavy atom. The molecule has 158 valence electrons. The van der Waals surface area contributed by atoms with Crippen molar-refractivity contribution in [1.29, 1.82) is 0 Å². The molecule has 1 saturated heterocycles. The Morgan fingerprint density at radius 3 is 2.43 bits per heavy atom. The lowest BCUT2D eigenvalue weighted by Gasteiger charge is -2.35. The van der Waals surface area contributed by atoms with Crippen molar-refractivity contribution in [2.75, 3.05) is 53.6 Å². The third-order valence-corrected chi connectivity index (χ3v) is 4.61. The molecule has 7 nitrogen and oxygen atoms in total. The molecule has 2 atom stereocenters. The van der Waals surface area contributed by atoms with Crippen LogP contribution in [0.2, 0.25) is 0 Å². The highest BCUT2D eigenvalue weighted by molar-refractivity contribution is 14.0. The third-order valence-electron chi connectivity index (χ3n) is 4.61. The van der Waals surface area contributed by atoms with Gasteiger partial charge < -0.3 is 20.1 Å². The van der Waals surface area contributed by atoms with Gasteiger partial charge in [0.1, 0.15) is 5.82 Å². The zero-order chi connectivity index (χ0) is 19.6. The van der Waals surface area contributed by atoms with Crippen LogP contribution in [0.4, 0.5) is 4.39 Å². The van der Waals surface area contributed by atoms with Gasteiger partial charge in [0.2, 0.25) is 0 Å². The van der Waals surface area contributed by atoms with Crippen molar-refractivity contribution in [3.8, 4) is 0 Å². The number of hydrogen-bond donors (Lipinski definition) is 2. The van der Waals surface area contributed by atoms with E-state index in [1.807, 2.05) is 12.1 Å². The highest BCUT2D eigenvalue weighted by Gasteiger charge is 2.23. The Kier molecular flexibility index (Phi) is 11.3. The highest BCUT2D eigenvalue weighted by atomic mass is 127. The summed E-state index contributed by atoms with van der Waals surface area (Å²) in [5.74, 6) is -0.191. The van der Waals surface area contributed by atoms with Crippen molar-refractivity contribution in [3.63, 3.8) is 0 Å². The van der Waals surface area contributed by atoms with Gasteiger partial charge in [0.05, 0.1) is 32.3 Å². The van der Waals surface area contributed by atoms with Gasteiger partial charge >= 0.3 is 5.97 Å². The summed E-state index contributed by atoms with van der Waals surface area (Å²) >= 11 is 0. The molecule has 2 unspecified atom stereocenters. The number of nitrogens with one attached hydrogen (secondary N) is 2. The molecule has 28 heavy (non-hydrogen) atoms. The first kappa shape index (κ1) is 24.6. The van der Waals surface area contributed by atoms with Gasteiger partial charge in [0.25, 0.3) is 0 Å². The minimum Gasteiger partial charge on any atom is -0.469 e.